The minimum atomic E-state index is -0.802. The van der Waals surface area contributed by atoms with E-state index in [1.165, 1.54) is 12.1 Å². The number of ether oxygens (including phenoxy) is 2. The largest absolute Gasteiger partial charge is 0.482 e. The topological polar surface area (TPSA) is 50.8 Å². The summed E-state index contributed by atoms with van der Waals surface area (Å²) in [6.07, 6.45) is 0.949. The number of fused-ring (bicyclic) bond motifs is 1. The van der Waals surface area contributed by atoms with Crippen molar-refractivity contribution in [2.45, 2.75) is 32.0 Å². The summed E-state index contributed by atoms with van der Waals surface area (Å²) in [5.74, 6) is 0.419. The summed E-state index contributed by atoms with van der Waals surface area (Å²) >= 11 is 0. The Morgan fingerprint density at radius 2 is 1.81 bits per heavy atom. The number of anilines is 2. The van der Waals surface area contributed by atoms with Crippen molar-refractivity contribution in [3.8, 4) is 11.5 Å². The van der Waals surface area contributed by atoms with Gasteiger partial charge in [-0.1, -0.05) is 12.1 Å². The number of benzene rings is 2. The third kappa shape index (κ3) is 3.31. The Morgan fingerprint density at radius 1 is 1.12 bits per heavy atom. The predicted molar refractivity (Wildman–Crippen MR) is 97.4 cm³/mol. The minimum absolute atomic E-state index is 0.357. The van der Waals surface area contributed by atoms with E-state index in [1.807, 2.05) is 12.1 Å². The molecule has 0 radical (unpaired) electrons. The van der Waals surface area contributed by atoms with Crippen LogP contribution in [-0.4, -0.2) is 31.2 Å². The van der Waals surface area contributed by atoms with E-state index in [9.17, 15) is 9.18 Å². The maximum Gasteiger partial charge on any atom is 0.269 e. The summed E-state index contributed by atoms with van der Waals surface area (Å²) in [5.41, 5.74) is 1.21. The Balaban J connectivity index is 1.51. The van der Waals surface area contributed by atoms with Crippen molar-refractivity contribution < 1.29 is 18.7 Å². The van der Waals surface area contributed by atoms with Gasteiger partial charge in [0.2, 0.25) is 6.10 Å². The molecule has 1 saturated heterocycles. The van der Waals surface area contributed by atoms with E-state index in [1.54, 1.807) is 25.1 Å². The van der Waals surface area contributed by atoms with Crippen LogP contribution in [0, 0.1) is 5.82 Å². The predicted octanol–water partition coefficient (Wildman–Crippen LogP) is 3.59. The van der Waals surface area contributed by atoms with Gasteiger partial charge >= 0.3 is 0 Å². The van der Waals surface area contributed by atoms with Crippen LogP contribution in [0.5, 0.6) is 11.5 Å². The Kier molecular flexibility index (Phi) is 4.41. The maximum absolute atomic E-state index is 14.0. The molecule has 2 aliphatic heterocycles. The molecule has 1 N–H and O–H groups in total. The molecule has 5 nitrogen and oxygen atoms in total. The van der Waals surface area contributed by atoms with Crippen LogP contribution in [-0.2, 0) is 4.79 Å². The number of amides is 1. The number of rotatable bonds is 3. The number of nitrogens with one attached hydrogen (secondary N) is 1. The lowest BCUT2D eigenvalue weighted by molar-refractivity contribution is -0.128. The van der Waals surface area contributed by atoms with Gasteiger partial charge in [-0.15, -0.1) is 0 Å². The van der Waals surface area contributed by atoms with E-state index >= 15 is 0 Å². The van der Waals surface area contributed by atoms with Gasteiger partial charge in [-0.2, -0.15) is 0 Å². The first kappa shape index (κ1) is 16.7. The Hall–Kier alpha value is -2.76. The van der Waals surface area contributed by atoms with Crippen LogP contribution in [0.15, 0.2) is 42.5 Å². The molecule has 2 aromatic rings. The zero-order valence-electron chi connectivity index (χ0n) is 14.6. The lowest BCUT2D eigenvalue weighted by Crippen LogP contribution is -2.46. The summed E-state index contributed by atoms with van der Waals surface area (Å²) in [7, 11) is 0. The number of halogens is 1. The van der Waals surface area contributed by atoms with Crippen molar-refractivity contribution in [2.75, 3.05) is 23.3 Å². The van der Waals surface area contributed by atoms with Crippen LogP contribution in [0.4, 0.5) is 15.8 Å². The molecule has 2 aliphatic rings. The summed E-state index contributed by atoms with van der Waals surface area (Å²) < 4.78 is 25.6. The standard InChI is InChI=1S/C20H21FN2O3/c1-13-19(26-18-7-3-2-6-17(18)25-13)20(24)22-15-10-14(21)11-16(12-15)23-8-4-5-9-23/h2-3,6-7,10-13,19H,4-5,8-9H2,1H3,(H,22,24)/t13-,19+/m1/s1. The molecular weight excluding hydrogens is 335 g/mol. The van der Waals surface area contributed by atoms with Gasteiger partial charge in [0.15, 0.2) is 11.5 Å². The quantitative estimate of drug-likeness (QED) is 0.913. The Morgan fingerprint density at radius 3 is 2.54 bits per heavy atom. The molecule has 0 saturated carbocycles. The number of hydrogen-bond donors (Lipinski definition) is 1. The molecule has 2 aromatic carbocycles. The monoisotopic (exact) mass is 356 g/mol. The third-order valence-corrected chi connectivity index (χ3v) is 4.72. The smallest absolute Gasteiger partial charge is 0.269 e. The average molecular weight is 356 g/mol. The van der Waals surface area contributed by atoms with Gasteiger partial charge in [-0.25, -0.2) is 4.39 Å². The summed E-state index contributed by atoms with van der Waals surface area (Å²) in [6.45, 7) is 3.59. The van der Waals surface area contributed by atoms with Crippen molar-refractivity contribution in [3.05, 3.63) is 48.3 Å². The van der Waals surface area contributed by atoms with E-state index in [2.05, 4.69) is 10.2 Å². The fourth-order valence-corrected chi connectivity index (χ4v) is 3.42. The van der Waals surface area contributed by atoms with Crippen LogP contribution >= 0.6 is 0 Å². The number of hydrogen-bond acceptors (Lipinski definition) is 4. The van der Waals surface area contributed by atoms with E-state index in [0.29, 0.717) is 17.2 Å². The zero-order valence-corrected chi connectivity index (χ0v) is 14.6. The molecule has 2 atom stereocenters. The van der Waals surface area contributed by atoms with Crippen LogP contribution in [0.3, 0.4) is 0 Å². The first-order valence-electron chi connectivity index (χ1n) is 8.89. The molecule has 4 rings (SSSR count). The van der Waals surface area contributed by atoms with Gasteiger partial charge in [-0.3, -0.25) is 4.79 Å². The number of carbonyl (C=O) groups is 1. The van der Waals surface area contributed by atoms with Crippen LogP contribution in [0.25, 0.3) is 0 Å². The van der Waals surface area contributed by atoms with Crippen molar-refractivity contribution in [1.82, 2.24) is 0 Å². The van der Waals surface area contributed by atoms with E-state index in [0.717, 1.165) is 31.6 Å². The summed E-state index contributed by atoms with van der Waals surface area (Å²) in [5, 5.41) is 2.77. The van der Waals surface area contributed by atoms with Gasteiger partial charge in [0, 0.05) is 24.5 Å². The number of carbonyl (C=O) groups excluding carboxylic acids is 1. The zero-order chi connectivity index (χ0) is 18.1. The molecule has 6 heteroatoms. The molecule has 0 aromatic heterocycles. The molecule has 1 amide bonds. The highest BCUT2D eigenvalue weighted by atomic mass is 19.1. The summed E-state index contributed by atoms with van der Waals surface area (Å²) in [4.78, 5) is 14.8. The van der Waals surface area contributed by atoms with E-state index in [-0.39, 0.29) is 11.7 Å². The van der Waals surface area contributed by atoms with Gasteiger partial charge < -0.3 is 19.7 Å². The van der Waals surface area contributed by atoms with Gasteiger partial charge in [0.1, 0.15) is 11.9 Å². The fraction of sp³-hybridized carbons (Fsp3) is 0.350. The van der Waals surface area contributed by atoms with Crippen molar-refractivity contribution >= 4 is 17.3 Å². The average Bonchev–Trinajstić information content (AvgIpc) is 3.15. The molecule has 136 valence electrons. The first-order valence-corrected chi connectivity index (χ1v) is 8.89. The van der Waals surface area contributed by atoms with Crippen molar-refractivity contribution in [1.29, 1.82) is 0 Å². The van der Waals surface area contributed by atoms with Gasteiger partial charge in [-0.05, 0) is 50.1 Å². The second kappa shape index (κ2) is 6.86. The van der Waals surface area contributed by atoms with Gasteiger partial charge in [0.05, 0.1) is 0 Å². The van der Waals surface area contributed by atoms with E-state index < -0.39 is 12.2 Å². The molecule has 2 heterocycles. The maximum atomic E-state index is 14.0. The van der Waals surface area contributed by atoms with Crippen LogP contribution in [0.2, 0.25) is 0 Å². The fourth-order valence-electron chi connectivity index (χ4n) is 3.42. The SMILES string of the molecule is C[C@H]1Oc2ccccc2O[C@@H]1C(=O)Nc1cc(F)cc(N2CCCC2)c1. The third-order valence-electron chi connectivity index (χ3n) is 4.72. The van der Waals surface area contributed by atoms with Crippen molar-refractivity contribution in [2.24, 2.45) is 0 Å². The summed E-state index contributed by atoms with van der Waals surface area (Å²) in [6, 6.07) is 11.8. The lowest BCUT2D eigenvalue weighted by Gasteiger charge is -2.31. The Labute approximate surface area is 151 Å². The number of nitrogens with zero attached hydrogens (tertiary/aromatic N) is 1. The van der Waals surface area contributed by atoms with Gasteiger partial charge in [0.25, 0.3) is 5.91 Å². The van der Waals surface area contributed by atoms with Crippen LogP contribution < -0.4 is 19.7 Å². The Bertz CT molecular complexity index is 820. The normalized spacial score (nSPS) is 21.5. The highest BCUT2D eigenvalue weighted by Gasteiger charge is 2.34. The lowest BCUT2D eigenvalue weighted by atomic mass is 10.1. The second-order valence-electron chi connectivity index (χ2n) is 6.69. The minimum Gasteiger partial charge on any atom is -0.482 e. The van der Waals surface area contributed by atoms with Crippen LogP contribution in [0.1, 0.15) is 19.8 Å². The van der Waals surface area contributed by atoms with Crippen molar-refractivity contribution in [3.63, 3.8) is 0 Å². The highest BCUT2D eigenvalue weighted by molar-refractivity contribution is 5.95. The molecular formula is C20H21FN2O3. The number of para-hydroxylation sites is 2. The highest BCUT2D eigenvalue weighted by Crippen LogP contribution is 2.34. The molecule has 0 aliphatic carbocycles. The van der Waals surface area contributed by atoms with E-state index in [4.69, 9.17) is 9.47 Å². The second-order valence-corrected chi connectivity index (χ2v) is 6.69. The first-order chi connectivity index (χ1) is 12.6. The molecule has 26 heavy (non-hydrogen) atoms. The molecule has 0 spiro atoms. The molecule has 0 bridgehead atoms. The molecule has 0 unspecified atom stereocenters. The molecule has 1 fully saturated rings.